The van der Waals surface area contributed by atoms with Crippen molar-refractivity contribution in [3.63, 3.8) is 0 Å². The second-order valence-corrected chi connectivity index (χ2v) is 8.82. The molecule has 5 heterocycles. The first-order valence-electron chi connectivity index (χ1n) is 11.7. The quantitative estimate of drug-likeness (QED) is 0.410. The summed E-state index contributed by atoms with van der Waals surface area (Å²) >= 11 is 0. The average molecular weight is 483 g/mol. The van der Waals surface area contributed by atoms with E-state index in [1.54, 1.807) is 0 Å². The van der Waals surface area contributed by atoms with Gasteiger partial charge in [0.1, 0.15) is 11.6 Å². The smallest absolute Gasteiger partial charge is 0.353 e. The third-order valence-electron chi connectivity index (χ3n) is 6.31. The van der Waals surface area contributed by atoms with E-state index in [1.807, 2.05) is 49.4 Å². The van der Waals surface area contributed by atoms with Gasteiger partial charge in [-0.2, -0.15) is 0 Å². The highest BCUT2D eigenvalue weighted by Gasteiger charge is 2.24. The molecule has 36 heavy (non-hydrogen) atoms. The summed E-state index contributed by atoms with van der Waals surface area (Å²) in [6.07, 6.45) is 2.24. The number of hydrogen-bond donors (Lipinski definition) is 1. The Morgan fingerprint density at radius 2 is 1.83 bits per heavy atom. The van der Waals surface area contributed by atoms with Crippen LogP contribution < -0.4 is 16.3 Å². The molecule has 1 fully saturated rings. The molecule has 0 aliphatic carbocycles. The van der Waals surface area contributed by atoms with E-state index in [9.17, 15) is 9.18 Å². The fraction of sp³-hybridized carbons (Fsp3) is 0.192. The molecule has 0 amide bonds. The van der Waals surface area contributed by atoms with E-state index in [1.165, 1.54) is 21.2 Å². The highest BCUT2D eigenvalue weighted by Crippen LogP contribution is 2.36. The first-order valence-corrected chi connectivity index (χ1v) is 11.7. The number of fused-ring (bicyclic) bond motifs is 1. The minimum absolute atomic E-state index is 0.0321. The van der Waals surface area contributed by atoms with Gasteiger partial charge < -0.3 is 10.6 Å². The summed E-state index contributed by atoms with van der Waals surface area (Å²) in [4.78, 5) is 29.0. The summed E-state index contributed by atoms with van der Waals surface area (Å²) in [5.74, 6) is 0.461. The summed E-state index contributed by atoms with van der Waals surface area (Å²) in [6, 6.07) is 16.5. The van der Waals surface area contributed by atoms with Crippen LogP contribution in [0.2, 0.25) is 0 Å². The number of halogens is 1. The number of nitrogens with two attached hydrogens (primary N) is 1. The lowest BCUT2D eigenvalue weighted by Gasteiger charge is -2.32. The number of pyridine rings is 2. The lowest BCUT2D eigenvalue weighted by molar-refractivity contribution is 0.609. The number of nitrogens with zero attached hydrogens (tertiary/aromatic N) is 7. The Bertz CT molecular complexity index is 1640. The average Bonchev–Trinajstić information content (AvgIpc) is 3.15. The highest BCUT2D eigenvalue weighted by atomic mass is 19.1. The van der Waals surface area contributed by atoms with Gasteiger partial charge in [0.25, 0.3) is 0 Å². The van der Waals surface area contributed by atoms with Crippen LogP contribution in [0.1, 0.15) is 17.8 Å². The lowest BCUT2D eigenvalue weighted by atomic mass is 9.99. The van der Waals surface area contributed by atoms with Crippen LogP contribution in [-0.2, 0) is 6.54 Å². The van der Waals surface area contributed by atoms with Gasteiger partial charge in [0, 0.05) is 24.3 Å². The van der Waals surface area contributed by atoms with Crippen molar-refractivity contribution in [2.24, 2.45) is 0 Å². The Morgan fingerprint density at radius 3 is 2.53 bits per heavy atom. The molecule has 0 bridgehead atoms. The minimum Gasteiger partial charge on any atom is -0.369 e. The first kappa shape index (κ1) is 21.9. The topological polar surface area (TPSA) is 107 Å². The Kier molecular flexibility index (Phi) is 5.21. The van der Waals surface area contributed by atoms with Crippen molar-refractivity contribution in [3.8, 4) is 22.4 Å². The zero-order valence-corrected chi connectivity index (χ0v) is 19.6. The van der Waals surface area contributed by atoms with Crippen LogP contribution in [0.25, 0.3) is 28.0 Å². The predicted molar refractivity (Wildman–Crippen MR) is 135 cm³/mol. The number of hydrogen-bond acceptors (Lipinski definition) is 7. The molecule has 10 heteroatoms. The number of aryl methyl sites for hydroxylation is 1. The molecular weight excluding hydrogens is 459 g/mol. The van der Waals surface area contributed by atoms with Crippen LogP contribution in [-0.4, -0.2) is 42.2 Å². The largest absolute Gasteiger partial charge is 0.369 e. The molecule has 0 radical (unpaired) electrons. The van der Waals surface area contributed by atoms with E-state index < -0.39 is 11.5 Å². The molecule has 0 atom stereocenters. The number of nitrogen functional groups attached to an aromatic ring is 1. The van der Waals surface area contributed by atoms with Gasteiger partial charge in [-0.15, -0.1) is 5.10 Å². The van der Waals surface area contributed by atoms with Crippen molar-refractivity contribution in [1.29, 1.82) is 0 Å². The summed E-state index contributed by atoms with van der Waals surface area (Å²) < 4.78 is 15.9. The predicted octanol–water partition coefficient (Wildman–Crippen LogP) is 3.30. The second-order valence-electron chi connectivity index (χ2n) is 8.82. The molecule has 2 N–H and O–H groups in total. The zero-order valence-electron chi connectivity index (χ0n) is 19.6. The van der Waals surface area contributed by atoms with Crippen LogP contribution in [0.15, 0.2) is 65.6 Å². The van der Waals surface area contributed by atoms with Gasteiger partial charge in [0.05, 0.1) is 29.7 Å². The number of rotatable bonds is 5. The van der Waals surface area contributed by atoms with Crippen LogP contribution in [0, 0.1) is 12.7 Å². The van der Waals surface area contributed by atoms with Gasteiger partial charge in [-0.25, -0.2) is 28.2 Å². The van der Waals surface area contributed by atoms with Crippen LogP contribution in [0.3, 0.4) is 0 Å². The maximum absolute atomic E-state index is 13.4. The zero-order chi connectivity index (χ0) is 24.8. The maximum Gasteiger partial charge on any atom is 0.353 e. The fourth-order valence-electron chi connectivity index (χ4n) is 4.43. The van der Waals surface area contributed by atoms with Crippen LogP contribution >= 0.6 is 0 Å². The number of aromatic nitrogens is 6. The Morgan fingerprint density at radius 1 is 1.03 bits per heavy atom. The lowest BCUT2D eigenvalue weighted by Crippen LogP contribution is -2.37. The molecule has 9 nitrogen and oxygen atoms in total. The van der Waals surface area contributed by atoms with Crippen LogP contribution in [0.5, 0.6) is 0 Å². The standard InChI is InChI=1S/C26H23FN8O/c1-16-12-18(13-21(30-16)33-10-5-11-33)22-23(17-6-3-2-4-7-17)31-25(28)35-24(22)32-34(26(35)36)15-20-9-8-19(27)14-29-20/h2-4,6-9,12-14H,5,10-11,15H2,1H3,(H2,28,31). The molecule has 180 valence electrons. The molecular formula is C26H23FN8O. The van der Waals surface area contributed by atoms with E-state index in [-0.39, 0.29) is 12.5 Å². The van der Waals surface area contributed by atoms with Crippen molar-refractivity contribution >= 4 is 17.4 Å². The molecule has 5 aromatic rings. The Balaban J connectivity index is 1.61. The van der Waals surface area contributed by atoms with Crippen LogP contribution in [0.4, 0.5) is 16.2 Å². The Hall–Kier alpha value is -4.60. The molecule has 1 aliphatic rings. The maximum atomic E-state index is 13.4. The summed E-state index contributed by atoms with van der Waals surface area (Å²) in [6.45, 7) is 3.92. The van der Waals surface area contributed by atoms with E-state index in [2.05, 4.69) is 20.0 Å². The summed E-state index contributed by atoms with van der Waals surface area (Å²) in [5, 5.41) is 4.67. The van der Waals surface area contributed by atoms with Crippen molar-refractivity contribution < 1.29 is 4.39 Å². The van der Waals surface area contributed by atoms with E-state index in [4.69, 9.17) is 10.7 Å². The molecule has 1 aromatic carbocycles. The van der Waals surface area contributed by atoms with Gasteiger partial charge in [0.2, 0.25) is 5.95 Å². The fourth-order valence-corrected chi connectivity index (χ4v) is 4.43. The van der Waals surface area contributed by atoms with E-state index in [0.717, 1.165) is 48.3 Å². The van der Waals surface area contributed by atoms with E-state index in [0.29, 0.717) is 22.6 Å². The molecule has 6 rings (SSSR count). The summed E-state index contributed by atoms with van der Waals surface area (Å²) in [7, 11) is 0. The number of benzene rings is 1. The van der Waals surface area contributed by atoms with Gasteiger partial charge >= 0.3 is 5.69 Å². The molecule has 1 saturated heterocycles. The second kappa shape index (κ2) is 8.56. The third kappa shape index (κ3) is 3.76. The van der Waals surface area contributed by atoms with Gasteiger partial charge in [-0.3, -0.25) is 4.98 Å². The Labute approximate surface area is 205 Å². The number of anilines is 2. The molecule has 0 spiro atoms. The summed E-state index contributed by atoms with van der Waals surface area (Å²) in [5.41, 5.74) is 10.6. The van der Waals surface area contributed by atoms with Crippen molar-refractivity contribution in [1.82, 2.24) is 29.1 Å². The molecule has 0 unspecified atom stereocenters. The normalized spacial score (nSPS) is 13.2. The third-order valence-corrected chi connectivity index (χ3v) is 6.31. The van der Waals surface area contributed by atoms with Crippen molar-refractivity contribution in [3.05, 3.63) is 88.5 Å². The van der Waals surface area contributed by atoms with E-state index >= 15 is 0 Å². The first-order chi connectivity index (χ1) is 17.5. The minimum atomic E-state index is -0.449. The molecule has 4 aromatic heterocycles. The monoisotopic (exact) mass is 482 g/mol. The van der Waals surface area contributed by atoms with Crippen molar-refractivity contribution in [2.75, 3.05) is 23.7 Å². The molecule has 0 saturated carbocycles. The highest BCUT2D eigenvalue weighted by molar-refractivity contribution is 5.91. The van der Waals surface area contributed by atoms with Crippen molar-refractivity contribution in [2.45, 2.75) is 19.9 Å². The van der Waals surface area contributed by atoms with Gasteiger partial charge in [0.15, 0.2) is 5.65 Å². The molecule has 1 aliphatic heterocycles. The van der Waals surface area contributed by atoms with Gasteiger partial charge in [-0.1, -0.05) is 30.3 Å². The SMILES string of the molecule is Cc1cc(-c2c(-c3ccccc3)nc(N)n3c(=O)n(Cc4ccc(F)cn4)nc23)cc(N2CCC2)n1. The van der Waals surface area contributed by atoms with Gasteiger partial charge in [-0.05, 0) is 43.2 Å².